The van der Waals surface area contributed by atoms with E-state index >= 15 is 0 Å². The standard InChI is InChI=1S/C7H5O3P/c8-7(9)5-2-1-3-6(4-5)11-10/h1-4H,(H,8,9). The molecule has 56 valence electrons. The molecule has 1 rings (SSSR count). The van der Waals surface area contributed by atoms with Crippen molar-refractivity contribution in [1.29, 1.82) is 0 Å². The van der Waals surface area contributed by atoms with Crippen molar-refractivity contribution in [2.45, 2.75) is 0 Å². The molecule has 3 nitrogen and oxygen atoms in total. The van der Waals surface area contributed by atoms with E-state index in [2.05, 4.69) is 0 Å². The highest BCUT2D eigenvalue weighted by Gasteiger charge is 2.01. The molecule has 0 aliphatic rings. The molecule has 0 saturated heterocycles. The Morgan fingerprint density at radius 1 is 1.45 bits per heavy atom. The van der Waals surface area contributed by atoms with E-state index < -0.39 is 5.97 Å². The lowest BCUT2D eigenvalue weighted by molar-refractivity contribution is 0.0697. The zero-order valence-electron chi connectivity index (χ0n) is 5.52. The van der Waals surface area contributed by atoms with E-state index in [1.165, 1.54) is 12.1 Å². The lowest BCUT2D eigenvalue weighted by atomic mass is 10.2. The molecule has 0 fully saturated rings. The van der Waals surface area contributed by atoms with Gasteiger partial charge in [0, 0.05) is 5.30 Å². The van der Waals surface area contributed by atoms with Gasteiger partial charge in [0.25, 0.3) is 0 Å². The highest BCUT2D eigenvalue weighted by Crippen LogP contribution is 2.01. The maximum absolute atomic E-state index is 10.4. The number of aromatic carboxylic acids is 1. The summed E-state index contributed by atoms with van der Waals surface area (Å²) < 4.78 is 10.3. The molecule has 1 aromatic rings. The summed E-state index contributed by atoms with van der Waals surface area (Å²) in [7, 11) is -0.154. The monoisotopic (exact) mass is 168 g/mol. The second kappa shape index (κ2) is 3.26. The van der Waals surface area contributed by atoms with Gasteiger partial charge < -0.3 is 5.11 Å². The van der Waals surface area contributed by atoms with Crippen molar-refractivity contribution in [2.24, 2.45) is 0 Å². The van der Waals surface area contributed by atoms with Crippen LogP contribution in [0.25, 0.3) is 0 Å². The third-order valence-corrected chi connectivity index (χ3v) is 1.69. The smallest absolute Gasteiger partial charge is 0.335 e. The lowest BCUT2D eigenvalue weighted by Crippen LogP contribution is -2.00. The molecule has 0 aliphatic carbocycles. The summed E-state index contributed by atoms with van der Waals surface area (Å²) in [5, 5.41) is 8.98. The van der Waals surface area contributed by atoms with Gasteiger partial charge in [-0.2, -0.15) is 0 Å². The number of carboxylic acids is 1. The van der Waals surface area contributed by atoms with Crippen LogP contribution in [-0.4, -0.2) is 11.1 Å². The Balaban J connectivity index is 3.10. The zero-order chi connectivity index (χ0) is 8.27. The molecule has 0 radical (unpaired) electrons. The lowest BCUT2D eigenvalue weighted by Gasteiger charge is -1.92. The first kappa shape index (κ1) is 7.89. The summed E-state index contributed by atoms with van der Waals surface area (Å²) in [6.45, 7) is 0. The molecule has 1 aromatic carbocycles. The van der Waals surface area contributed by atoms with Crippen LogP contribution in [0.3, 0.4) is 0 Å². The van der Waals surface area contributed by atoms with Crippen LogP contribution in [-0.2, 0) is 4.57 Å². The molecule has 0 atom stereocenters. The highest BCUT2D eigenvalue weighted by atomic mass is 31.1. The maximum Gasteiger partial charge on any atom is 0.335 e. The fourth-order valence-electron chi connectivity index (χ4n) is 0.696. The number of hydrogen-bond donors (Lipinski definition) is 1. The van der Waals surface area contributed by atoms with Gasteiger partial charge in [-0.15, -0.1) is 0 Å². The summed E-state index contributed by atoms with van der Waals surface area (Å²) in [5.41, 5.74) is 0.158. The largest absolute Gasteiger partial charge is 0.478 e. The van der Waals surface area contributed by atoms with Crippen molar-refractivity contribution in [1.82, 2.24) is 0 Å². The number of carboxylic acid groups (broad SMARTS) is 1. The van der Waals surface area contributed by atoms with Gasteiger partial charge in [0.15, 0.2) is 8.46 Å². The fourth-order valence-corrected chi connectivity index (χ4v) is 1.03. The average molecular weight is 168 g/mol. The Labute approximate surface area is 64.9 Å². The van der Waals surface area contributed by atoms with Gasteiger partial charge in [-0.05, 0) is 18.2 Å². The van der Waals surface area contributed by atoms with Crippen molar-refractivity contribution < 1.29 is 14.5 Å². The summed E-state index contributed by atoms with van der Waals surface area (Å²) in [6, 6.07) is 5.98. The zero-order valence-corrected chi connectivity index (χ0v) is 6.41. The molecule has 0 saturated carbocycles. The van der Waals surface area contributed by atoms with E-state index in [1.54, 1.807) is 12.1 Å². The second-order valence-corrected chi connectivity index (χ2v) is 2.65. The first-order chi connectivity index (χ1) is 5.24. The Bertz CT molecular complexity index is 295. The predicted molar refractivity (Wildman–Crippen MR) is 40.6 cm³/mol. The van der Waals surface area contributed by atoms with Crippen molar-refractivity contribution in [3.63, 3.8) is 0 Å². The van der Waals surface area contributed by atoms with E-state index in [-0.39, 0.29) is 14.0 Å². The third-order valence-electron chi connectivity index (χ3n) is 1.20. The van der Waals surface area contributed by atoms with Crippen molar-refractivity contribution in [3.8, 4) is 0 Å². The SMILES string of the molecule is O=Pc1cccc(C(=O)O)c1. The third kappa shape index (κ3) is 1.85. The molecule has 11 heavy (non-hydrogen) atoms. The minimum absolute atomic E-state index is 0.154. The Morgan fingerprint density at radius 2 is 2.18 bits per heavy atom. The Hall–Kier alpha value is -1.21. The summed E-state index contributed by atoms with van der Waals surface area (Å²) in [4.78, 5) is 10.4. The van der Waals surface area contributed by atoms with Crippen LogP contribution < -0.4 is 5.30 Å². The summed E-state index contributed by atoms with van der Waals surface area (Å²) in [6.07, 6.45) is 0. The van der Waals surface area contributed by atoms with Crippen LogP contribution in [0.15, 0.2) is 24.3 Å². The molecule has 0 heterocycles. The average Bonchev–Trinajstić information content (AvgIpc) is 2.05. The molecule has 0 spiro atoms. The molecule has 1 N–H and O–H groups in total. The minimum Gasteiger partial charge on any atom is -0.478 e. The number of hydrogen-bond acceptors (Lipinski definition) is 2. The van der Waals surface area contributed by atoms with E-state index in [4.69, 9.17) is 5.11 Å². The first-order valence-electron chi connectivity index (χ1n) is 2.91. The molecular formula is C7H5O3P. The predicted octanol–water partition coefficient (Wildman–Crippen LogP) is 1.30. The van der Waals surface area contributed by atoms with Crippen LogP contribution in [0.4, 0.5) is 0 Å². The second-order valence-electron chi connectivity index (χ2n) is 1.95. The number of carbonyl (C=O) groups is 1. The van der Waals surface area contributed by atoms with Gasteiger partial charge in [0.2, 0.25) is 0 Å². The van der Waals surface area contributed by atoms with Gasteiger partial charge in [0.05, 0.1) is 5.56 Å². The van der Waals surface area contributed by atoms with Gasteiger partial charge in [0.1, 0.15) is 0 Å². The first-order valence-corrected chi connectivity index (χ1v) is 3.72. The fraction of sp³-hybridized carbons (Fsp3) is 0. The van der Waals surface area contributed by atoms with Crippen LogP contribution in [0.2, 0.25) is 0 Å². The molecule has 4 heteroatoms. The van der Waals surface area contributed by atoms with Crippen LogP contribution in [0, 0.1) is 0 Å². The van der Waals surface area contributed by atoms with Crippen molar-refractivity contribution >= 4 is 19.7 Å². The normalized spacial score (nSPS) is 9.82. The Kier molecular flexibility index (Phi) is 2.34. The topological polar surface area (TPSA) is 54.4 Å². The van der Waals surface area contributed by atoms with Gasteiger partial charge in [-0.25, -0.2) is 4.79 Å². The number of rotatable bonds is 2. The molecule has 0 unspecified atom stereocenters. The maximum atomic E-state index is 10.4. The van der Waals surface area contributed by atoms with E-state index in [0.717, 1.165) is 0 Å². The van der Waals surface area contributed by atoms with E-state index in [9.17, 15) is 9.36 Å². The van der Waals surface area contributed by atoms with E-state index in [0.29, 0.717) is 5.30 Å². The van der Waals surface area contributed by atoms with Gasteiger partial charge in [-0.3, -0.25) is 4.57 Å². The number of benzene rings is 1. The Morgan fingerprint density at radius 3 is 2.73 bits per heavy atom. The van der Waals surface area contributed by atoms with Crippen molar-refractivity contribution in [3.05, 3.63) is 29.8 Å². The van der Waals surface area contributed by atoms with Gasteiger partial charge in [-0.1, -0.05) is 6.07 Å². The quantitative estimate of drug-likeness (QED) is 0.677. The van der Waals surface area contributed by atoms with Crippen molar-refractivity contribution in [2.75, 3.05) is 0 Å². The van der Waals surface area contributed by atoms with Crippen LogP contribution in [0.5, 0.6) is 0 Å². The summed E-state index contributed by atoms with van der Waals surface area (Å²) >= 11 is 0. The van der Waals surface area contributed by atoms with Crippen LogP contribution >= 0.6 is 8.46 Å². The van der Waals surface area contributed by atoms with Crippen LogP contribution in [0.1, 0.15) is 10.4 Å². The molecule has 0 aromatic heterocycles. The molecule has 0 bridgehead atoms. The molecule has 0 aliphatic heterocycles. The highest BCUT2D eigenvalue weighted by molar-refractivity contribution is 7.34. The van der Waals surface area contributed by atoms with E-state index in [1.807, 2.05) is 0 Å². The minimum atomic E-state index is -1.00. The summed E-state index contributed by atoms with van der Waals surface area (Å²) in [5.74, 6) is -1.00. The molecule has 0 amide bonds. The molecular weight excluding hydrogens is 163 g/mol. The van der Waals surface area contributed by atoms with Gasteiger partial charge >= 0.3 is 5.97 Å².